The molecule has 0 bridgehead atoms. The molecule has 0 N–H and O–H groups in total. The van der Waals surface area contributed by atoms with E-state index in [0.29, 0.717) is 11.1 Å². The molecule has 0 fully saturated rings. The predicted octanol–water partition coefficient (Wildman–Crippen LogP) is 4.16. The molecule has 1 aromatic carbocycles. The van der Waals surface area contributed by atoms with Crippen LogP contribution in [-0.2, 0) is 6.18 Å². The first-order valence-corrected chi connectivity index (χ1v) is 5.75. The number of hydrogen-bond acceptors (Lipinski definition) is 1. The highest BCUT2D eigenvalue weighted by Crippen LogP contribution is 2.31. The summed E-state index contributed by atoms with van der Waals surface area (Å²) < 4.78 is 52.7. The summed E-state index contributed by atoms with van der Waals surface area (Å²) in [5.41, 5.74) is 0.445. The molecule has 2 aromatic heterocycles. The lowest BCUT2D eigenvalue weighted by atomic mass is 10.1. The SMILES string of the molecule is Fc1cc(-c2ccc(C(F)(F)F)cc2)cn2ccnc12. The van der Waals surface area contributed by atoms with Crippen molar-refractivity contribution in [2.24, 2.45) is 0 Å². The summed E-state index contributed by atoms with van der Waals surface area (Å²) in [5.74, 6) is -0.521. The zero-order valence-corrected chi connectivity index (χ0v) is 10.0. The van der Waals surface area contributed by atoms with Crippen LogP contribution in [0.5, 0.6) is 0 Å². The molecule has 0 aliphatic rings. The van der Waals surface area contributed by atoms with Crippen LogP contribution < -0.4 is 0 Å². The normalized spacial score (nSPS) is 12.0. The maximum absolute atomic E-state index is 13.8. The van der Waals surface area contributed by atoms with Gasteiger partial charge in [-0.3, -0.25) is 0 Å². The number of pyridine rings is 1. The van der Waals surface area contributed by atoms with E-state index in [0.717, 1.165) is 12.1 Å². The molecule has 102 valence electrons. The van der Waals surface area contributed by atoms with Gasteiger partial charge in [0.1, 0.15) is 0 Å². The van der Waals surface area contributed by atoms with Crippen LogP contribution >= 0.6 is 0 Å². The number of rotatable bonds is 1. The Hall–Kier alpha value is -2.37. The van der Waals surface area contributed by atoms with E-state index >= 15 is 0 Å². The maximum atomic E-state index is 13.8. The van der Waals surface area contributed by atoms with Crippen molar-refractivity contribution in [2.75, 3.05) is 0 Å². The molecule has 0 aliphatic heterocycles. The van der Waals surface area contributed by atoms with Crippen LogP contribution in [-0.4, -0.2) is 9.38 Å². The van der Waals surface area contributed by atoms with E-state index in [1.807, 2.05) is 0 Å². The second-order valence-electron chi connectivity index (χ2n) is 4.31. The van der Waals surface area contributed by atoms with E-state index in [1.165, 1.54) is 28.8 Å². The Kier molecular flexibility index (Phi) is 2.74. The minimum absolute atomic E-state index is 0.181. The topological polar surface area (TPSA) is 17.3 Å². The van der Waals surface area contributed by atoms with Gasteiger partial charge in [-0.05, 0) is 23.8 Å². The van der Waals surface area contributed by atoms with Gasteiger partial charge in [0.15, 0.2) is 11.5 Å². The Bertz CT molecular complexity index is 757. The lowest BCUT2D eigenvalue weighted by Gasteiger charge is -2.08. The highest BCUT2D eigenvalue weighted by atomic mass is 19.4. The Labute approximate surface area is 111 Å². The standard InChI is InChI=1S/C14H8F4N2/c15-12-7-10(8-20-6-5-19-13(12)20)9-1-3-11(4-2-9)14(16,17)18/h1-8H. The van der Waals surface area contributed by atoms with Gasteiger partial charge in [0.2, 0.25) is 0 Å². The van der Waals surface area contributed by atoms with Crippen LogP contribution in [0.4, 0.5) is 17.6 Å². The quantitative estimate of drug-likeness (QED) is 0.612. The monoisotopic (exact) mass is 280 g/mol. The van der Waals surface area contributed by atoms with Crippen molar-refractivity contribution in [2.45, 2.75) is 6.18 Å². The van der Waals surface area contributed by atoms with E-state index < -0.39 is 17.6 Å². The molecule has 2 nitrogen and oxygen atoms in total. The first-order valence-electron chi connectivity index (χ1n) is 5.75. The van der Waals surface area contributed by atoms with Gasteiger partial charge >= 0.3 is 6.18 Å². The Morgan fingerprint density at radius 2 is 1.70 bits per heavy atom. The molecule has 0 atom stereocenters. The van der Waals surface area contributed by atoms with Gasteiger partial charge in [-0.15, -0.1) is 0 Å². The van der Waals surface area contributed by atoms with Crippen molar-refractivity contribution in [3.8, 4) is 11.1 Å². The zero-order chi connectivity index (χ0) is 14.3. The molecule has 0 amide bonds. The third-order valence-electron chi connectivity index (χ3n) is 2.99. The van der Waals surface area contributed by atoms with Gasteiger partial charge < -0.3 is 4.40 Å². The molecule has 0 unspecified atom stereocenters. The number of benzene rings is 1. The summed E-state index contributed by atoms with van der Waals surface area (Å²) in [7, 11) is 0. The Morgan fingerprint density at radius 3 is 2.35 bits per heavy atom. The molecular formula is C14H8F4N2. The van der Waals surface area contributed by atoms with Gasteiger partial charge in [-0.2, -0.15) is 13.2 Å². The average Bonchev–Trinajstić information content (AvgIpc) is 2.86. The van der Waals surface area contributed by atoms with Crippen molar-refractivity contribution < 1.29 is 17.6 Å². The molecule has 0 spiro atoms. The summed E-state index contributed by atoms with van der Waals surface area (Å²) in [5, 5.41) is 0. The largest absolute Gasteiger partial charge is 0.416 e. The first kappa shape index (κ1) is 12.7. The lowest BCUT2D eigenvalue weighted by Crippen LogP contribution is -2.04. The summed E-state index contributed by atoms with van der Waals surface area (Å²) >= 11 is 0. The summed E-state index contributed by atoms with van der Waals surface area (Å²) in [4.78, 5) is 3.84. The number of alkyl halides is 3. The molecule has 3 rings (SSSR count). The van der Waals surface area contributed by atoms with Crippen molar-refractivity contribution >= 4 is 5.65 Å². The number of imidazole rings is 1. The number of halogens is 4. The molecule has 3 aromatic rings. The second kappa shape index (κ2) is 4.33. The third-order valence-corrected chi connectivity index (χ3v) is 2.99. The minimum Gasteiger partial charge on any atom is -0.304 e. The van der Waals surface area contributed by atoms with Crippen LogP contribution in [0.1, 0.15) is 5.56 Å². The van der Waals surface area contributed by atoms with Gasteiger partial charge in [0.25, 0.3) is 0 Å². The first-order chi connectivity index (χ1) is 9.45. The van der Waals surface area contributed by atoms with Crippen molar-refractivity contribution in [3.05, 3.63) is 60.3 Å². The molecule has 0 aliphatic carbocycles. The number of fused-ring (bicyclic) bond motifs is 1. The number of hydrogen-bond donors (Lipinski definition) is 0. The van der Waals surface area contributed by atoms with Crippen LogP contribution in [0.25, 0.3) is 16.8 Å². The minimum atomic E-state index is -4.38. The number of nitrogens with zero attached hydrogens (tertiary/aromatic N) is 2. The van der Waals surface area contributed by atoms with Gasteiger partial charge in [-0.1, -0.05) is 12.1 Å². The summed E-state index contributed by atoms with van der Waals surface area (Å²) in [6.07, 6.45) is 0.271. The lowest BCUT2D eigenvalue weighted by molar-refractivity contribution is -0.137. The molecule has 2 heterocycles. The van der Waals surface area contributed by atoms with Crippen LogP contribution in [0.2, 0.25) is 0 Å². The van der Waals surface area contributed by atoms with E-state index in [2.05, 4.69) is 4.98 Å². The van der Waals surface area contributed by atoms with Gasteiger partial charge in [0, 0.05) is 24.2 Å². The van der Waals surface area contributed by atoms with Gasteiger partial charge in [-0.25, -0.2) is 9.37 Å². The van der Waals surface area contributed by atoms with E-state index in [4.69, 9.17) is 0 Å². The fraction of sp³-hybridized carbons (Fsp3) is 0.0714. The van der Waals surface area contributed by atoms with Crippen LogP contribution in [0.3, 0.4) is 0 Å². The highest BCUT2D eigenvalue weighted by Gasteiger charge is 2.29. The molecule has 0 radical (unpaired) electrons. The van der Waals surface area contributed by atoms with Crippen LogP contribution in [0, 0.1) is 5.82 Å². The fourth-order valence-electron chi connectivity index (χ4n) is 2.00. The van der Waals surface area contributed by atoms with Crippen LogP contribution in [0.15, 0.2) is 48.9 Å². The smallest absolute Gasteiger partial charge is 0.304 e. The zero-order valence-electron chi connectivity index (χ0n) is 10.0. The molecule has 0 saturated carbocycles. The predicted molar refractivity (Wildman–Crippen MR) is 65.6 cm³/mol. The van der Waals surface area contributed by atoms with E-state index in [9.17, 15) is 17.6 Å². The highest BCUT2D eigenvalue weighted by molar-refractivity contribution is 5.65. The van der Waals surface area contributed by atoms with E-state index in [1.54, 1.807) is 12.4 Å². The average molecular weight is 280 g/mol. The Morgan fingerprint density at radius 1 is 1.00 bits per heavy atom. The number of aromatic nitrogens is 2. The summed E-state index contributed by atoms with van der Waals surface area (Å²) in [6.45, 7) is 0. The van der Waals surface area contributed by atoms with Crippen molar-refractivity contribution in [3.63, 3.8) is 0 Å². The van der Waals surface area contributed by atoms with Gasteiger partial charge in [0.05, 0.1) is 5.56 Å². The molecular weight excluding hydrogens is 272 g/mol. The van der Waals surface area contributed by atoms with Crippen molar-refractivity contribution in [1.82, 2.24) is 9.38 Å². The second-order valence-corrected chi connectivity index (χ2v) is 4.31. The molecule has 6 heteroatoms. The maximum Gasteiger partial charge on any atom is 0.416 e. The van der Waals surface area contributed by atoms with Crippen molar-refractivity contribution in [1.29, 1.82) is 0 Å². The fourth-order valence-corrected chi connectivity index (χ4v) is 2.00. The van der Waals surface area contributed by atoms with E-state index in [-0.39, 0.29) is 5.65 Å². The molecule has 20 heavy (non-hydrogen) atoms. The summed E-state index contributed by atoms with van der Waals surface area (Å²) in [6, 6.07) is 5.85. The third kappa shape index (κ3) is 2.13. The Balaban J connectivity index is 2.06. The molecule has 0 saturated heterocycles.